The first-order valence-corrected chi connectivity index (χ1v) is 8.15. The van der Waals surface area contributed by atoms with Gasteiger partial charge < -0.3 is 14.8 Å². The maximum absolute atomic E-state index is 11.5. The van der Waals surface area contributed by atoms with E-state index < -0.39 is 0 Å². The molecule has 0 radical (unpaired) electrons. The van der Waals surface area contributed by atoms with Crippen molar-refractivity contribution in [3.8, 4) is 0 Å². The molecule has 1 aliphatic carbocycles. The molecule has 0 aromatic carbocycles. The van der Waals surface area contributed by atoms with Gasteiger partial charge in [0, 0.05) is 11.9 Å². The molecule has 0 saturated heterocycles. The Balaban J connectivity index is 1.65. The van der Waals surface area contributed by atoms with E-state index in [1.165, 1.54) is 43.4 Å². The van der Waals surface area contributed by atoms with E-state index in [1.54, 1.807) is 12.3 Å². The number of carbonyl (C=O) groups is 1. The standard InChI is InChI=1S/C14H22N2O3S/c1-2-18-13(17)12-10-20-14(16-12)15-8-9-19-11-6-4-3-5-7-11/h10-11H,2-9H2,1H3,(H,15,16). The lowest BCUT2D eigenvalue weighted by Crippen LogP contribution is -2.20. The minimum Gasteiger partial charge on any atom is -0.461 e. The molecule has 1 aromatic heterocycles. The van der Waals surface area contributed by atoms with Crippen LogP contribution >= 0.6 is 11.3 Å². The van der Waals surface area contributed by atoms with Gasteiger partial charge in [0.2, 0.25) is 0 Å². The van der Waals surface area contributed by atoms with E-state index in [1.807, 2.05) is 0 Å². The van der Waals surface area contributed by atoms with E-state index in [-0.39, 0.29) is 5.97 Å². The Bertz CT molecular complexity index is 416. The molecule has 0 unspecified atom stereocenters. The van der Waals surface area contributed by atoms with Gasteiger partial charge in [0.05, 0.1) is 19.3 Å². The fourth-order valence-corrected chi connectivity index (χ4v) is 2.98. The second-order valence-corrected chi connectivity index (χ2v) is 5.67. The molecular formula is C14H22N2O3S. The molecule has 0 spiro atoms. The van der Waals surface area contributed by atoms with Gasteiger partial charge in [-0.05, 0) is 19.8 Å². The van der Waals surface area contributed by atoms with Crippen LogP contribution in [0.15, 0.2) is 5.38 Å². The topological polar surface area (TPSA) is 60.5 Å². The molecule has 112 valence electrons. The number of nitrogens with one attached hydrogen (secondary N) is 1. The van der Waals surface area contributed by atoms with Crippen LogP contribution in [0.2, 0.25) is 0 Å². The van der Waals surface area contributed by atoms with Crippen molar-refractivity contribution in [2.24, 2.45) is 0 Å². The number of nitrogens with zero attached hydrogens (tertiary/aromatic N) is 1. The number of hydrogen-bond acceptors (Lipinski definition) is 6. The maximum atomic E-state index is 11.5. The van der Waals surface area contributed by atoms with Crippen molar-refractivity contribution in [1.82, 2.24) is 4.98 Å². The zero-order valence-corrected chi connectivity index (χ0v) is 12.7. The average molecular weight is 298 g/mol. The molecule has 1 heterocycles. The van der Waals surface area contributed by atoms with Gasteiger partial charge in [0.15, 0.2) is 10.8 Å². The molecule has 1 aromatic rings. The van der Waals surface area contributed by atoms with Crippen LogP contribution < -0.4 is 5.32 Å². The zero-order valence-electron chi connectivity index (χ0n) is 11.9. The molecule has 20 heavy (non-hydrogen) atoms. The van der Waals surface area contributed by atoms with Crippen LogP contribution in [0, 0.1) is 0 Å². The molecule has 1 fully saturated rings. The minimum atomic E-state index is -0.366. The number of rotatable bonds is 7. The third kappa shape index (κ3) is 4.76. The second-order valence-electron chi connectivity index (χ2n) is 4.82. The number of esters is 1. The van der Waals surface area contributed by atoms with Crippen LogP contribution in [-0.2, 0) is 9.47 Å². The van der Waals surface area contributed by atoms with Crippen LogP contribution in [0.1, 0.15) is 49.5 Å². The van der Waals surface area contributed by atoms with Crippen LogP contribution in [0.25, 0.3) is 0 Å². The van der Waals surface area contributed by atoms with Gasteiger partial charge in [0.25, 0.3) is 0 Å². The highest BCUT2D eigenvalue weighted by atomic mass is 32.1. The Kier molecular flexibility index (Phi) is 6.26. The Hall–Kier alpha value is -1.14. The van der Waals surface area contributed by atoms with Crippen LogP contribution in [-0.4, -0.2) is 36.8 Å². The van der Waals surface area contributed by atoms with Crippen LogP contribution in [0.3, 0.4) is 0 Å². The maximum Gasteiger partial charge on any atom is 0.357 e. The molecular weight excluding hydrogens is 276 g/mol. The number of carbonyl (C=O) groups excluding carboxylic acids is 1. The summed E-state index contributed by atoms with van der Waals surface area (Å²) in [7, 11) is 0. The fraction of sp³-hybridized carbons (Fsp3) is 0.714. The average Bonchev–Trinajstić information content (AvgIpc) is 2.94. The molecule has 1 saturated carbocycles. The third-order valence-electron chi connectivity index (χ3n) is 3.27. The van der Waals surface area contributed by atoms with Crippen molar-refractivity contribution >= 4 is 22.4 Å². The van der Waals surface area contributed by atoms with Gasteiger partial charge in [0.1, 0.15) is 0 Å². The summed E-state index contributed by atoms with van der Waals surface area (Å²) in [5.74, 6) is -0.366. The van der Waals surface area contributed by atoms with Gasteiger partial charge in [-0.1, -0.05) is 19.3 Å². The first-order chi connectivity index (χ1) is 9.79. The van der Waals surface area contributed by atoms with E-state index in [0.29, 0.717) is 31.6 Å². The summed E-state index contributed by atoms with van der Waals surface area (Å²) in [6, 6.07) is 0. The largest absolute Gasteiger partial charge is 0.461 e. The molecule has 1 aliphatic rings. The van der Waals surface area contributed by atoms with Crippen molar-refractivity contribution in [3.63, 3.8) is 0 Å². The predicted octanol–water partition coefficient (Wildman–Crippen LogP) is 3.08. The highest BCUT2D eigenvalue weighted by Gasteiger charge is 2.14. The summed E-state index contributed by atoms with van der Waals surface area (Å²) in [6.07, 6.45) is 6.71. The lowest BCUT2D eigenvalue weighted by Gasteiger charge is -2.21. The number of hydrogen-bond donors (Lipinski definition) is 1. The Morgan fingerprint density at radius 1 is 1.45 bits per heavy atom. The lowest BCUT2D eigenvalue weighted by molar-refractivity contribution is 0.0347. The van der Waals surface area contributed by atoms with E-state index >= 15 is 0 Å². The highest BCUT2D eigenvalue weighted by Crippen LogP contribution is 2.20. The van der Waals surface area contributed by atoms with E-state index in [4.69, 9.17) is 9.47 Å². The first-order valence-electron chi connectivity index (χ1n) is 7.27. The number of anilines is 1. The third-order valence-corrected chi connectivity index (χ3v) is 4.07. The summed E-state index contributed by atoms with van der Waals surface area (Å²) < 4.78 is 10.7. The van der Waals surface area contributed by atoms with Crippen molar-refractivity contribution in [3.05, 3.63) is 11.1 Å². The van der Waals surface area contributed by atoms with Crippen molar-refractivity contribution in [1.29, 1.82) is 0 Å². The molecule has 0 bridgehead atoms. The van der Waals surface area contributed by atoms with Gasteiger partial charge in [-0.25, -0.2) is 9.78 Å². The zero-order chi connectivity index (χ0) is 14.2. The number of ether oxygens (including phenoxy) is 2. The van der Waals surface area contributed by atoms with Crippen molar-refractivity contribution in [2.75, 3.05) is 25.1 Å². The lowest BCUT2D eigenvalue weighted by atomic mass is 9.98. The second kappa shape index (κ2) is 8.21. The Morgan fingerprint density at radius 2 is 2.25 bits per heavy atom. The van der Waals surface area contributed by atoms with Gasteiger partial charge >= 0.3 is 5.97 Å². The predicted molar refractivity (Wildman–Crippen MR) is 79.4 cm³/mol. The molecule has 6 heteroatoms. The summed E-state index contributed by atoms with van der Waals surface area (Å²) >= 11 is 1.41. The van der Waals surface area contributed by atoms with Crippen LogP contribution in [0.4, 0.5) is 5.13 Å². The minimum absolute atomic E-state index is 0.366. The molecule has 0 amide bonds. The summed E-state index contributed by atoms with van der Waals surface area (Å²) in [6.45, 7) is 3.55. The fourth-order valence-electron chi connectivity index (χ4n) is 2.27. The number of thiazole rings is 1. The van der Waals surface area contributed by atoms with Crippen molar-refractivity contribution < 1.29 is 14.3 Å². The van der Waals surface area contributed by atoms with Gasteiger partial charge in [-0.15, -0.1) is 11.3 Å². The monoisotopic (exact) mass is 298 g/mol. The molecule has 5 nitrogen and oxygen atoms in total. The quantitative estimate of drug-likeness (QED) is 0.619. The van der Waals surface area contributed by atoms with Gasteiger partial charge in [-0.2, -0.15) is 0 Å². The van der Waals surface area contributed by atoms with E-state index in [9.17, 15) is 4.79 Å². The van der Waals surface area contributed by atoms with Gasteiger partial charge in [-0.3, -0.25) is 0 Å². The van der Waals surface area contributed by atoms with E-state index in [0.717, 1.165) is 5.13 Å². The smallest absolute Gasteiger partial charge is 0.357 e. The molecule has 1 N–H and O–H groups in total. The SMILES string of the molecule is CCOC(=O)c1csc(NCCOC2CCCCC2)n1. The first kappa shape index (κ1) is 15.3. The Morgan fingerprint density at radius 3 is 3.00 bits per heavy atom. The number of aromatic nitrogens is 1. The molecule has 0 atom stereocenters. The normalized spacial score (nSPS) is 16.1. The van der Waals surface area contributed by atoms with Crippen molar-refractivity contribution in [2.45, 2.75) is 45.1 Å². The molecule has 0 aliphatic heterocycles. The molecule has 2 rings (SSSR count). The summed E-state index contributed by atoms with van der Waals surface area (Å²) in [4.78, 5) is 15.7. The highest BCUT2D eigenvalue weighted by molar-refractivity contribution is 7.13. The van der Waals surface area contributed by atoms with Crippen LogP contribution in [0.5, 0.6) is 0 Å². The Labute approximate surface area is 123 Å². The summed E-state index contributed by atoms with van der Waals surface area (Å²) in [5, 5.41) is 5.62. The summed E-state index contributed by atoms with van der Waals surface area (Å²) in [5.41, 5.74) is 0.368. The van der Waals surface area contributed by atoms with E-state index in [2.05, 4.69) is 10.3 Å².